The molecule has 0 aliphatic rings. The van der Waals surface area contributed by atoms with E-state index < -0.39 is 21.9 Å². The van der Waals surface area contributed by atoms with Gasteiger partial charge in [-0.15, -0.1) is 0 Å². The molecule has 0 spiro atoms. The normalized spacial score (nSPS) is 12.1. The summed E-state index contributed by atoms with van der Waals surface area (Å²) in [7, 11) is -3.62. The fraction of sp³-hybridized carbons (Fsp3) is 0.462. The Balaban J connectivity index is 2.13. The first kappa shape index (κ1) is 28.3. The highest BCUT2D eigenvalue weighted by atomic mass is 32.2. The molecule has 0 radical (unpaired) electrons. The molecule has 192 valence electrons. The number of nitrogens with one attached hydrogen (secondary N) is 1. The van der Waals surface area contributed by atoms with Crippen molar-refractivity contribution in [1.82, 2.24) is 10.2 Å². The van der Waals surface area contributed by atoms with E-state index in [9.17, 15) is 22.4 Å². The summed E-state index contributed by atoms with van der Waals surface area (Å²) in [6.07, 6.45) is 3.30. The van der Waals surface area contributed by atoms with Gasteiger partial charge in [0, 0.05) is 26.1 Å². The van der Waals surface area contributed by atoms with Gasteiger partial charge in [0.1, 0.15) is 11.9 Å². The highest BCUT2D eigenvalue weighted by Crippen LogP contribution is 2.19. The van der Waals surface area contributed by atoms with Crippen LogP contribution in [0.15, 0.2) is 54.6 Å². The van der Waals surface area contributed by atoms with E-state index in [1.54, 1.807) is 4.90 Å². The van der Waals surface area contributed by atoms with Gasteiger partial charge in [0.05, 0.1) is 11.9 Å². The van der Waals surface area contributed by atoms with Gasteiger partial charge in [-0.05, 0) is 55.5 Å². The van der Waals surface area contributed by atoms with Crippen LogP contribution >= 0.6 is 0 Å². The third-order valence-corrected chi connectivity index (χ3v) is 6.88. The quantitative estimate of drug-likeness (QED) is 0.424. The molecule has 1 atom stereocenters. The van der Waals surface area contributed by atoms with Crippen LogP contribution in [0.2, 0.25) is 0 Å². The number of carbonyl (C=O) groups is 2. The molecule has 9 heteroatoms. The van der Waals surface area contributed by atoms with E-state index in [1.165, 1.54) is 28.6 Å². The number of halogens is 1. The zero-order valence-corrected chi connectivity index (χ0v) is 21.6. The lowest BCUT2D eigenvalue weighted by atomic mass is 10.1. The Labute approximate surface area is 208 Å². The van der Waals surface area contributed by atoms with Gasteiger partial charge < -0.3 is 10.2 Å². The summed E-state index contributed by atoms with van der Waals surface area (Å²) >= 11 is 0. The molecule has 2 aromatic carbocycles. The molecular formula is C26H36FN3O4S. The van der Waals surface area contributed by atoms with E-state index >= 15 is 0 Å². The topological polar surface area (TPSA) is 86.8 Å². The Morgan fingerprint density at radius 1 is 1.00 bits per heavy atom. The lowest BCUT2D eigenvalue weighted by Crippen LogP contribution is -2.50. The minimum Gasteiger partial charge on any atom is -0.354 e. The van der Waals surface area contributed by atoms with E-state index in [0.29, 0.717) is 31.6 Å². The van der Waals surface area contributed by atoms with Gasteiger partial charge in [-0.3, -0.25) is 13.9 Å². The molecule has 0 aliphatic carbocycles. The zero-order valence-electron chi connectivity index (χ0n) is 20.7. The monoisotopic (exact) mass is 505 g/mol. The van der Waals surface area contributed by atoms with Crippen molar-refractivity contribution >= 4 is 27.5 Å². The Kier molecular flexibility index (Phi) is 11.2. The highest BCUT2D eigenvalue weighted by molar-refractivity contribution is 7.92. The summed E-state index contributed by atoms with van der Waals surface area (Å²) in [5, 5.41) is 2.89. The third kappa shape index (κ3) is 8.98. The van der Waals surface area contributed by atoms with Crippen LogP contribution in [0.5, 0.6) is 0 Å². The van der Waals surface area contributed by atoms with Gasteiger partial charge in [-0.25, -0.2) is 12.8 Å². The second-order valence-corrected chi connectivity index (χ2v) is 10.4. The molecule has 35 heavy (non-hydrogen) atoms. The van der Waals surface area contributed by atoms with E-state index in [4.69, 9.17) is 0 Å². The van der Waals surface area contributed by atoms with Crippen molar-refractivity contribution in [1.29, 1.82) is 0 Å². The maximum absolute atomic E-state index is 13.3. The van der Waals surface area contributed by atoms with Crippen LogP contribution in [0, 0.1) is 5.82 Å². The van der Waals surface area contributed by atoms with Gasteiger partial charge >= 0.3 is 0 Å². The number of hydrogen-bond donors (Lipinski definition) is 1. The molecule has 2 rings (SSSR count). The van der Waals surface area contributed by atoms with E-state index in [0.717, 1.165) is 18.2 Å². The van der Waals surface area contributed by atoms with Gasteiger partial charge in [-0.1, -0.05) is 44.2 Å². The number of amides is 2. The molecule has 0 aliphatic heterocycles. The molecule has 0 saturated heterocycles. The summed E-state index contributed by atoms with van der Waals surface area (Å²) in [6.45, 7) is 4.83. The number of hydrogen-bond acceptors (Lipinski definition) is 4. The number of rotatable bonds is 14. The van der Waals surface area contributed by atoms with Crippen molar-refractivity contribution in [2.75, 3.05) is 30.2 Å². The van der Waals surface area contributed by atoms with Crippen molar-refractivity contribution in [3.63, 3.8) is 0 Å². The number of anilines is 1. The maximum Gasteiger partial charge on any atom is 0.242 e. The summed E-state index contributed by atoms with van der Waals surface area (Å²) in [5.41, 5.74) is 1.40. The first-order valence-corrected chi connectivity index (χ1v) is 13.9. The Hall–Kier alpha value is -2.94. The predicted molar refractivity (Wildman–Crippen MR) is 137 cm³/mol. The summed E-state index contributed by atoms with van der Waals surface area (Å²) in [6, 6.07) is 14.3. The summed E-state index contributed by atoms with van der Waals surface area (Å²) < 4.78 is 39.1. The highest BCUT2D eigenvalue weighted by Gasteiger charge is 2.28. The molecule has 0 aromatic heterocycles. The fourth-order valence-electron chi connectivity index (χ4n) is 3.87. The fourth-order valence-corrected chi connectivity index (χ4v) is 4.84. The average molecular weight is 506 g/mol. The van der Waals surface area contributed by atoms with Crippen LogP contribution in [-0.4, -0.2) is 57.1 Å². The first-order valence-electron chi connectivity index (χ1n) is 12.0. The first-order chi connectivity index (χ1) is 16.7. The van der Waals surface area contributed by atoms with Crippen LogP contribution in [0.1, 0.15) is 45.1 Å². The summed E-state index contributed by atoms with van der Waals surface area (Å²) in [5.74, 6) is -0.842. The van der Waals surface area contributed by atoms with E-state index in [1.807, 2.05) is 44.2 Å². The maximum atomic E-state index is 13.3. The van der Waals surface area contributed by atoms with Gasteiger partial charge in [0.25, 0.3) is 0 Å². The molecule has 2 aromatic rings. The van der Waals surface area contributed by atoms with Crippen LogP contribution in [0.3, 0.4) is 0 Å². The Morgan fingerprint density at radius 3 is 2.23 bits per heavy atom. The van der Waals surface area contributed by atoms with Crippen molar-refractivity contribution in [3.8, 4) is 0 Å². The largest absolute Gasteiger partial charge is 0.354 e. The molecule has 0 saturated carbocycles. The third-order valence-electron chi connectivity index (χ3n) is 5.69. The molecule has 0 fully saturated rings. The van der Waals surface area contributed by atoms with Crippen molar-refractivity contribution in [2.24, 2.45) is 0 Å². The summed E-state index contributed by atoms with van der Waals surface area (Å²) in [4.78, 5) is 27.7. The molecule has 2 amide bonds. The van der Waals surface area contributed by atoms with Crippen molar-refractivity contribution in [3.05, 3.63) is 66.0 Å². The van der Waals surface area contributed by atoms with Gasteiger partial charge in [-0.2, -0.15) is 0 Å². The number of nitrogens with zero attached hydrogens (tertiary/aromatic N) is 2. The smallest absolute Gasteiger partial charge is 0.242 e. The molecule has 0 unspecified atom stereocenters. The lowest BCUT2D eigenvalue weighted by Gasteiger charge is -2.31. The SMILES string of the molecule is CCCNC(=O)[C@@H](CC)N(CCc1ccccc1)C(=O)CCCN(c1ccc(F)cc1)S(C)(=O)=O. The van der Waals surface area contributed by atoms with Crippen LogP contribution in [-0.2, 0) is 26.0 Å². The minimum absolute atomic E-state index is 0.0710. The average Bonchev–Trinajstić information content (AvgIpc) is 2.83. The van der Waals surface area contributed by atoms with Crippen LogP contribution < -0.4 is 9.62 Å². The van der Waals surface area contributed by atoms with E-state index in [2.05, 4.69) is 5.32 Å². The van der Waals surface area contributed by atoms with E-state index in [-0.39, 0.29) is 31.2 Å². The molecular weight excluding hydrogens is 469 g/mol. The Morgan fingerprint density at radius 2 is 1.66 bits per heavy atom. The lowest BCUT2D eigenvalue weighted by molar-refractivity contribution is -0.140. The minimum atomic E-state index is -3.62. The molecule has 0 heterocycles. The van der Waals surface area contributed by atoms with Gasteiger partial charge in [0.15, 0.2) is 0 Å². The predicted octanol–water partition coefficient (Wildman–Crippen LogP) is 3.75. The number of benzene rings is 2. The molecule has 0 bridgehead atoms. The van der Waals surface area contributed by atoms with Crippen molar-refractivity contribution in [2.45, 2.75) is 52.0 Å². The second kappa shape index (κ2) is 13.8. The second-order valence-electron chi connectivity index (χ2n) is 8.45. The molecule has 7 nitrogen and oxygen atoms in total. The zero-order chi connectivity index (χ0) is 25.8. The van der Waals surface area contributed by atoms with Gasteiger partial charge in [0.2, 0.25) is 21.8 Å². The molecule has 1 N–H and O–H groups in total. The number of sulfonamides is 1. The number of carbonyl (C=O) groups excluding carboxylic acids is 2. The standard InChI is InChI=1S/C26H36FN3O4S/c1-4-18-28-26(32)24(5-2)29(20-17-21-10-7-6-8-11-21)25(31)12-9-19-30(35(3,33)34)23-15-13-22(27)14-16-23/h6-8,10-11,13-16,24H,4-5,9,12,17-20H2,1-3H3,(H,28,32)/t24-/m1/s1. The van der Waals surface area contributed by atoms with Crippen LogP contribution in [0.4, 0.5) is 10.1 Å². The Bertz CT molecular complexity index is 1050. The van der Waals surface area contributed by atoms with Crippen LogP contribution in [0.25, 0.3) is 0 Å². The van der Waals surface area contributed by atoms with Crippen molar-refractivity contribution < 1.29 is 22.4 Å².